The van der Waals surface area contributed by atoms with Crippen molar-refractivity contribution in [3.05, 3.63) is 22.4 Å². The lowest BCUT2D eigenvalue weighted by Crippen LogP contribution is -2.53. The number of rotatable bonds is 7. The van der Waals surface area contributed by atoms with Gasteiger partial charge in [0.05, 0.1) is 0 Å². The third-order valence-corrected chi connectivity index (χ3v) is 3.91. The SMILES string of the molecule is CCN(C(=O)CCNC(=O)c1ccsc1)C(C)(C)C(=O)O. The topological polar surface area (TPSA) is 86.7 Å². The maximum absolute atomic E-state index is 12.1. The standard InChI is InChI=1S/C14H20N2O4S/c1-4-16(14(2,3)13(19)20)11(17)5-7-15-12(18)10-6-8-21-9-10/h6,8-9H,4-5,7H2,1-3H3,(H,15,18)(H,19,20). The fourth-order valence-electron chi connectivity index (χ4n) is 1.91. The van der Waals surface area contributed by atoms with Crippen LogP contribution in [0.3, 0.4) is 0 Å². The second-order valence-corrected chi connectivity index (χ2v) is 5.80. The maximum atomic E-state index is 12.1. The van der Waals surface area contributed by atoms with Gasteiger partial charge in [-0.2, -0.15) is 11.3 Å². The summed E-state index contributed by atoms with van der Waals surface area (Å²) >= 11 is 1.42. The fourth-order valence-corrected chi connectivity index (χ4v) is 2.55. The predicted molar refractivity (Wildman–Crippen MR) is 80.4 cm³/mol. The number of carbonyl (C=O) groups excluding carboxylic acids is 2. The molecule has 1 aromatic rings. The summed E-state index contributed by atoms with van der Waals surface area (Å²) in [5.41, 5.74) is -0.700. The lowest BCUT2D eigenvalue weighted by Gasteiger charge is -2.34. The molecule has 2 amide bonds. The first kappa shape index (κ1) is 17.2. The van der Waals surface area contributed by atoms with Crippen LogP contribution in [-0.4, -0.2) is 46.4 Å². The second-order valence-electron chi connectivity index (χ2n) is 5.02. The van der Waals surface area contributed by atoms with Crippen molar-refractivity contribution in [1.82, 2.24) is 10.2 Å². The van der Waals surface area contributed by atoms with Crippen LogP contribution in [0.15, 0.2) is 16.8 Å². The molecule has 0 aliphatic rings. The zero-order valence-corrected chi connectivity index (χ0v) is 13.2. The minimum atomic E-state index is -1.26. The van der Waals surface area contributed by atoms with E-state index >= 15 is 0 Å². The van der Waals surface area contributed by atoms with Gasteiger partial charge >= 0.3 is 5.97 Å². The number of thiophene rings is 1. The van der Waals surface area contributed by atoms with E-state index in [1.165, 1.54) is 30.1 Å². The van der Waals surface area contributed by atoms with E-state index in [4.69, 9.17) is 5.11 Å². The monoisotopic (exact) mass is 312 g/mol. The Labute approximate surface area is 127 Å². The van der Waals surface area contributed by atoms with Gasteiger partial charge in [0.2, 0.25) is 5.91 Å². The highest BCUT2D eigenvalue weighted by Gasteiger charge is 2.36. The molecule has 0 unspecified atom stereocenters. The Morgan fingerprint density at radius 1 is 1.38 bits per heavy atom. The fraction of sp³-hybridized carbons (Fsp3) is 0.500. The summed E-state index contributed by atoms with van der Waals surface area (Å²) in [6.07, 6.45) is 0.0699. The van der Waals surface area contributed by atoms with Crippen LogP contribution in [0.25, 0.3) is 0 Å². The molecule has 0 atom stereocenters. The van der Waals surface area contributed by atoms with Crippen molar-refractivity contribution in [3.63, 3.8) is 0 Å². The van der Waals surface area contributed by atoms with Gasteiger partial charge in [-0.25, -0.2) is 4.79 Å². The van der Waals surface area contributed by atoms with Crippen molar-refractivity contribution < 1.29 is 19.5 Å². The van der Waals surface area contributed by atoms with E-state index in [1.54, 1.807) is 23.8 Å². The predicted octanol–water partition coefficient (Wildman–Crippen LogP) is 1.58. The van der Waals surface area contributed by atoms with Gasteiger partial charge in [0, 0.05) is 30.5 Å². The van der Waals surface area contributed by atoms with Gasteiger partial charge in [-0.05, 0) is 32.2 Å². The van der Waals surface area contributed by atoms with E-state index < -0.39 is 11.5 Å². The van der Waals surface area contributed by atoms with E-state index in [9.17, 15) is 14.4 Å². The first-order valence-electron chi connectivity index (χ1n) is 6.65. The first-order chi connectivity index (χ1) is 9.80. The smallest absolute Gasteiger partial charge is 0.329 e. The van der Waals surface area contributed by atoms with Gasteiger partial charge in [-0.1, -0.05) is 0 Å². The van der Waals surface area contributed by atoms with Crippen LogP contribution in [0.5, 0.6) is 0 Å². The summed E-state index contributed by atoms with van der Waals surface area (Å²) in [5.74, 6) is -1.58. The third kappa shape index (κ3) is 4.29. The van der Waals surface area contributed by atoms with Crippen molar-refractivity contribution in [2.45, 2.75) is 32.7 Å². The molecular formula is C14H20N2O4S. The van der Waals surface area contributed by atoms with Crippen molar-refractivity contribution in [2.75, 3.05) is 13.1 Å². The Morgan fingerprint density at radius 3 is 2.52 bits per heavy atom. The van der Waals surface area contributed by atoms with Crippen LogP contribution in [0.2, 0.25) is 0 Å². The first-order valence-corrected chi connectivity index (χ1v) is 7.59. The molecule has 1 heterocycles. The second kappa shape index (κ2) is 7.21. The summed E-state index contributed by atoms with van der Waals surface area (Å²) in [4.78, 5) is 36.3. The Morgan fingerprint density at radius 2 is 2.05 bits per heavy atom. The van der Waals surface area contributed by atoms with Crippen molar-refractivity contribution in [2.24, 2.45) is 0 Å². The zero-order valence-electron chi connectivity index (χ0n) is 12.4. The number of hydrogen-bond donors (Lipinski definition) is 2. The Bertz CT molecular complexity index is 511. The van der Waals surface area contributed by atoms with Crippen LogP contribution in [-0.2, 0) is 9.59 Å². The number of likely N-dealkylation sites (N-methyl/N-ethyl adjacent to an activating group) is 1. The van der Waals surface area contributed by atoms with Gasteiger partial charge < -0.3 is 15.3 Å². The maximum Gasteiger partial charge on any atom is 0.329 e. The average molecular weight is 312 g/mol. The largest absolute Gasteiger partial charge is 0.480 e. The van der Waals surface area contributed by atoms with Crippen LogP contribution < -0.4 is 5.32 Å². The molecule has 0 spiro atoms. The van der Waals surface area contributed by atoms with Gasteiger partial charge in [0.15, 0.2) is 0 Å². The highest BCUT2D eigenvalue weighted by atomic mass is 32.1. The number of carboxylic acid groups (broad SMARTS) is 1. The number of carbonyl (C=O) groups is 3. The molecule has 0 saturated carbocycles. The van der Waals surface area contributed by atoms with E-state index in [2.05, 4.69) is 5.32 Å². The zero-order chi connectivity index (χ0) is 16.0. The number of hydrogen-bond acceptors (Lipinski definition) is 4. The molecule has 0 bridgehead atoms. The van der Waals surface area contributed by atoms with Gasteiger partial charge in [0.1, 0.15) is 5.54 Å². The van der Waals surface area contributed by atoms with Crippen molar-refractivity contribution in [3.8, 4) is 0 Å². The normalized spacial score (nSPS) is 11.0. The quantitative estimate of drug-likeness (QED) is 0.800. The number of aliphatic carboxylic acids is 1. The van der Waals surface area contributed by atoms with Gasteiger partial charge in [-0.3, -0.25) is 9.59 Å². The molecule has 1 rings (SSSR count). The lowest BCUT2D eigenvalue weighted by atomic mass is 10.0. The summed E-state index contributed by atoms with van der Waals surface area (Å²) in [6, 6.07) is 1.70. The summed E-state index contributed by atoms with van der Waals surface area (Å²) in [5, 5.41) is 15.3. The molecule has 116 valence electrons. The molecule has 6 nitrogen and oxygen atoms in total. The molecule has 0 aromatic carbocycles. The molecule has 1 aromatic heterocycles. The number of nitrogens with one attached hydrogen (secondary N) is 1. The van der Waals surface area contributed by atoms with Crippen molar-refractivity contribution >= 4 is 29.1 Å². The Balaban J connectivity index is 2.52. The molecule has 0 aliphatic heterocycles. The van der Waals surface area contributed by atoms with E-state index in [0.29, 0.717) is 12.1 Å². The van der Waals surface area contributed by atoms with Crippen LogP contribution >= 0.6 is 11.3 Å². The molecule has 21 heavy (non-hydrogen) atoms. The van der Waals surface area contributed by atoms with Gasteiger partial charge in [0.25, 0.3) is 5.91 Å². The molecule has 0 saturated heterocycles. The lowest BCUT2D eigenvalue weighted by molar-refractivity contribution is -0.156. The number of nitrogens with zero attached hydrogens (tertiary/aromatic N) is 1. The molecule has 0 fully saturated rings. The average Bonchev–Trinajstić information content (AvgIpc) is 2.92. The van der Waals surface area contributed by atoms with Crippen LogP contribution in [0.4, 0.5) is 0 Å². The minimum Gasteiger partial charge on any atom is -0.480 e. The van der Waals surface area contributed by atoms with E-state index in [0.717, 1.165) is 0 Å². The summed E-state index contributed by atoms with van der Waals surface area (Å²) in [7, 11) is 0. The minimum absolute atomic E-state index is 0.0699. The van der Waals surface area contributed by atoms with Crippen LogP contribution in [0.1, 0.15) is 37.6 Å². The Hall–Kier alpha value is -1.89. The Kier molecular flexibility index (Phi) is 5.90. The molecule has 0 aliphatic carbocycles. The van der Waals surface area contributed by atoms with Crippen LogP contribution in [0, 0.1) is 0 Å². The number of carboxylic acids is 1. The highest BCUT2D eigenvalue weighted by molar-refractivity contribution is 7.08. The van der Waals surface area contributed by atoms with E-state index in [1.807, 2.05) is 0 Å². The summed E-state index contributed by atoms with van der Waals surface area (Å²) in [6.45, 7) is 5.18. The number of amides is 2. The molecule has 7 heteroatoms. The highest BCUT2D eigenvalue weighted by Crippen LogP contribution is 2.15. The molecule has 2 N–H and O–H groups in total. The van der Waals surface area contributed by atoms with Crippen molar-refractivity contribution in [1.29, 1.82) is 0 Å². The summed E-state index contributed by atoms with van der Waals surface area (Å²) < 4.78 is 0. The third-order valence-electron chi connectivity index (χ3n) is 3.22. The van der Waals surface area contributed by atoms with E-state index in [-0.39, 0.29) is 24.8 Å². The molecular weight excluding hydrogens is 292 g/mol. The van der Waals surface area contributed by atoms with Gasteiger partial charge in [-0.15, -0.1) is 0 Å². The molecule has 0 radical (unpaired) electrons.